The van der Waals surface area contributed by atoms with E-state index in [0.717, 1.165) is 12.2 Å². The van der Waals surface area contributed by atoms with Gasteiger partial charge in [-0.15, -0.1) is 0 Å². The quantitative estimate of drug-likeness (QED) is 0.884. The lowest BCUT2D eigenvalue weighted by Crippen LogP contribution is -2.18. The Kier molecular flexibility index (Phi) is 4.11. The van der Waals surface area contributed by atoms with E-state index in [9.17, 15) is 0 Å². The molecule has 0 spiro atoms. The molecule has 1 atom stereocenters. The lowest BCUT2D eigenvalue weighted by molar-refractivity contribution is 0.571. The standard InChI is InChI=1S/C16H20N2/c1-12-6-4-5-7-16(12)14(3)18-11-15-9-8-13(2)17-10-15/h4-10,14,18H,11H2,1-3H3/t14-/m0/s1. The first-order valence-corrected chi connectivity index (χ1v) is 6.37. The van der Waals surface area contributed by atoms with Crippen molar-refractivity contribution in [3.05, 3.63) is 65.0 Å². The van der Waals surface area contributed by atoms with Crippen molar-refractivity contribution in [1.29, 1.82) is 0 Å². The van der Waals surface area contributed by atoms with Crippen LogP contribution in [0.5, 0.6) is 0 Å². The first kappa shape index (κ1) is 12.8. The predicted molar refractivity (Wildman–Crippen MR) is 75.4 cm³/mol. The molecule has 1 heterocycles. The van der Waals surface area contributed by atoms with Crippen molar-refractivity contribution < 1.29 is 0 Å². The second-order valence-electron chi connectivity index (χ2n) is 4.77. The van der Waals surface area contributed by atoms with Crippen molar-refractivity contribution in [2.75, 3.05) is 0 Å². The Hall–Kier alpha value is -1.67. The van der Waals surface area contributed by atoms with E-state index >= 15 is 0 Å². The van der Waals surface area contributed by atoms with Crippen LogP contribution < -0.4 is 5.32 Å². The highest BCUT2D eigenvalue weighted by atomic mass is 14.9. The molecule has 2 aromatic rings. The summed E-state index contributed by atoms with van der Waals surface area (Å²) >= 11 is 0. The fourth-order valence-corrected chi connectivity index (χ4v) is 2.06. The number of benzene rings is 1. The third-order valence-corrected chi connectivity index (χ3v) is 3.24. The summed E-state index contributed by atoms with van der Waals surface area (Å²) in [6, 6.07) is 13.0. The topological polar surface area (TPSA) is 24.9 Å². The Morgan fingerprint density at radius 3 is 2.56 bits per heavy atom. The molecule has 0 saturated heterocycles. The zero-order valence-electron chi connectivity index (χ0n) is 11.3. The van der Waals surface area contributed by atoms with Crippen LogP contribution in [0.1, 0.15) is 35.3 Å². The zero-order valence-corrected chi connectivity index (χ0v) is 11.3. The molecular formula is C16H20N2. The number of pyridine rings is 1. The van der Waals surface area contributed by atoms with Crippen molar-refractivity contribution in [3.8, 4) is 0 Å². The van der Waals surface area contributed by atoms with E-state index in [1.807, 2.05) is 13.1 Å². The molecule has 1 aromatic carbocycles. The van der Waals surface area contributed by atoms with Gasteiger partial charge in [0.1, 0.15) is 0 Å². The number of nitrogens with one attached hydrogen (secondary N) is 1. The summed E-state index contributed by atoms with van der Waals surface area (Å²) in [5.74, 6) is 0. The number of aromatic nitrogens is 1. The summed E-state index contributed by atoms with van der Waals surface area (Å²) in [4.78, 5) is 4.31. The second-order valence-corrected chi connectivity index (χ2v) is 4.77. The highest BCUT2D eigenvalue weighted by Crippen LogP contribution is 2.17. The molecule has 0 aliphatic rings. The molecule has 0 unspecified atom stereocenters. The molecule has 0 amide bonds. The first-order chi connectivity index (χ1) is 8.66. The zero-order chi connectivity index (χ0) is 13.0. The summed E-state index contributed by atoms with van der Waals surface area (Å²) in [6.45, 7) is 7.21. The average Bonchev–Trinajstić information content (AvgIpc) is 2.38. The van der Waals surface area contributed by atoms with Gasteiger partial charge < -0.3 is 5.32 Å². The van der Waals surface area contributed by atoms with Gasteiger partial charge in [-0.25, -0.2) is 0 Å². The van der Waals surface area contributed by atoms with Gasteiger partial charge in [0.25, 0.3) is 0 Å². The minimum atomic E-state index is 0.354. The monoisotopic (exact) mass is 240 g/mol. The summed E-state index contributed by atoms with van der Waals surface area (Å²) in [5, 5.41) is 3.54. The number of aryl methyl sites for hydroxylation is 2. The molecule has 0 radical (unpaired) electrons. The van der Waals surface area contributed by atoms with Gasteiger partial charge in [0.05, 0.1) is 0 Å². The van der Waals surface area contributed by atoms with Crippen molar-refractivity contribution in [2.45, 2.75) is 33.4 Å². The molecule has 18 heavy (non-hydrogen) atoms. The number of nitrogens with zero attached hydrogens (tertiary/aromatic N) is 1. The van der Waals surface area contributed by atoms with Crippen LogP contribution >= 0.6 is 0 Å². The van der Waals surface area contributed by atoms with Crippen molar-refractivity contribution in [3.63, 3.8) is 0 Å². The van der Waals surface area contributed by atoms with Crippen LogP contribution in [-0.2, 0) is 6.54 Å². The van der Waals surface area contributed by atoms with Gasteiger partial charge in [-0.3, -0.25) is 4.98 Å². The lowest BCUT2D eigenvalue weighted by Gasteiger charge is -2.16. The minimum Gasteiger partial charge on any atom is -0.306 e. The van der Waals surface area contributed by atoms with Crippen molar-refractivity contribution in [2.24, 2.45) is 0 Å². The van der Waals surface area contributed by atoms with Crippen LogP contribution in [0.3, 0.4) is 0 Å². The SMILES string of the molecule is Cc1ccc(CN[C@@H](C)c2ccccc2C)cn1. The van der Waals surface area contributed by atoms with Crippen molar-refractivity contribution >= 4 is 0 Å². The first-order valence-electron chi connectivity index (χ1n) is 6.37. The van der Waals surface area contributed by atoms with E-state index < -0.39 is 0 Å². The number of hydrogen-bond donors (Lipinski definition) is 1. The van der Waals surface area contributed by atoms with Gasteiger partial charge in [-0.1, -0.05) is 30.3 Å². The van der Waals surface area contributed by atoms with E-state index in [1.165, 1.54) is 16.7 Å². The molecule has 94 valence electrons. The van der Waals surface area contributed by atoms with Crippen molar-refractivity contribution in [1.82, 2.24) is 10.3 Å². The molecule has 0 fully saturated rings. The maximum Gasteiger partial charge on any atom is 0.0372 e. The van der Waals surface area contributed by atoms with Crippen LogP contribution in [0.2, 0.25) is 0 Å². The summed E-state index contributed by atoms with van der Waals surface area (Å²) < 4.78 is 0. The van der Waals surface area contributed by atoms with E-state index in [1.54, 1.807) is 0 Å². The fraction of sp³-hybridized carbons (Fsp3) is 0.312. The molecule has 0 bridgehead atoms. The maximum atomic E-state index is 4.31. The average molecular weight is 240 g/mol. The molecule has 1 N–H and O–H groups in total. The Balaban J connectivity index is 1.98. The van der Waals surface area contributed by atoms with Crippen LogP contribution in [0.25, 0.3) is 0 Å². The Morgan fingerprint density at radius 2 is 1.89 bits per heavy atom. The van der Waals surface area contributed by atoms with Crippen LogP contribution in [0.15, 0.2) is 42.6 Å². The number of rotatable bonds is 4. The highest BCUT2D eigenvalue weighted by molar-refractivity contribution is 5.28. The summed E-state index contributed by atoms with van der Waals surface area (Å²) in [5.41, 5.74) is 4.98. The second kappa shape index (κ2) is 5.78. The molecule has 2 heteroatoms. The van der Waals surface area contributed by atoms with Crippen LogP contribution in [0, 0.1) is 13.8 Å². The van der Waals surface area contributed by atoms with Gasteiger partial charge in [0.2, 0.25) is 0 Å². The van der Waals surface area contributed by atoms with Gasteiger partial charge in [0.15, 0.2) is 0 Å². The van der Waals surface area contributed by atoms with Gasteiger partial charge in [-0.2, -0.15) is 0 Å². The molecule has 2 rings (SSSR count). The molecule has 0 aliphatic carbocycles. The Labute approximate surface area is 109 Å². The van der Waals surface area contributed by atoms with Gasteiger partial charge >= 0.3 is 0 Å². The highest BCUT2D eigenvalue weighted by Gasteiger charge is 2.06. The van der Waals surface area contributed by atoms with E-state index in [0.29, 0.717) is 6.04 Å². The van der Waals surface area contributed by atoms with Gasteiger partial charge in [0, 0.05) is 24.5 Å². The normalized spacial score (nSPS) is 12.4. The lowest BCUT2D eigenvalue weighted by atomic mass is 10.0. The minimum absolute atomic E-state index is 0.354. The van der Waals surface area contributed by atoms with E-state index in [4.69, 9.17) is 0 Å². The Bertz CT molecular complexity index is 503. The van der Waals surface area contributed by atoms with E-state index in [2.05, 4.69) is 60.5 Å². The smallest absolute Gasteiger partial charge is 0.0372 e. The molecule has 0 saturated carbocycles. The maximum absolute atomic E-state index is 4.31. The third kappa shape index (κ3) is 3.17. The van der Waals surface area contributed by atoms with Crippen LogP contribution in [-0.4, -0.2) is 4.98 Å². The molecular weight excluding hydrogens is 220 g/mol. The third-order valence-electron chi connectivity index (χ3n) is 3.24. The Morgan fingerprint density at radius 1 is 1.11 bits per heavy atom. The van der Waals surface area contributed by atoms with E-state index in [-0.39, 0.29) is 0 Å². The van der Waals surface area contributed by atoms with Gasteiger partial charge in [-0.05, 0) is 43.5 Å². The molecule has 1 aromatic heterocycles. The van der Waals surface area contributed by atoms with Crippen LogP contribution in [0.4, 0.5) is 0 Å². The summed E-state index contributed by atoms with van der Waals surface area (Å²) in [6.07, 6.45) is 1.94. The summed E-state index contributed by atoms with van der Waals surface area (Å²) in [7, 11) is 0. The fourth-order valence-electron chi connectivity index (χ4n) is 2.06. The molecule has 2 nitrogen and oxygen atoms in total. The largest absolute Gasteiger partial charge is 0.306 e. The molecule has 0 aliphatic heterocycles. The number of hydrogen-bond acceptors (Lipinski definition) is 2. The predicted octanol–water partition coefficient (Wildman–Crippen LogP) is 3.55.